The van der Waals surface area contributed by atoms with E-state index in [-0.39, 0.29) is 24.4 Å². The van der Waals surface area contributed by atoms with Gasteiger partial charge in [-0.25, -0.2) is 4.98 Å². The van der Waals surface area contributed by atoms with E-state index in [0.29, 0.717) is 18.7 Å². The lowest BCUT2D eigenvalue weighted by atomic mass is 10.1. The maximum absolute atomic E-state index is 12.7. The summed E-state index contributed by atoms with van der Waals surface area (Å²) in [4.78, 5) is 32.2. The van der Waals surface area contributed by atoms with Gasteiger partial charge in [-0.15, -0.1) is 5.53 Å². The Labute approximate surface area is 210 Å². The number of unbranched alkanes of at least 4 members (excludes halogenated alkanes) is 2. The third-order valence-electron chi connectivity index (χ3n) is 6.00. The highest BCUT2D eigenvalue weighted by Gasteiger charge is 2.20. The molecule has 0 unspecified atom stereocenters. The molecule has 11 nitrogen and oxygen atoms in total. The molecule has 0 saturated carbocycles. The standard InChI is InChI=1S/C25H33N9O2/c1-26-23(35)7-5-3-4-6-21(29-24(36)17-34-15-13-28-32-34)25-27-16-22(30-25)19-10-8-18(9-11-19)20-12-14-33(2)31-20/h8-16,21,28,32H,3-7,17H2,1-2H3,(H,26,35)(H,27,30)(H,29,36)/t21-/m0/s1. The minimum atomic E-state index is -0.265. The first-order chi connectivity index (χ1) is 17.5. The SMILES string of the molecule is CNC(=O)CCCCC[C@H](NC(=O)CN1C=CNN1)c1ncc(-c2ccc(-c3ccn(C)n3)cc2)[nH]1. The fraction of sp³-hybridized carbons (Fsp3) is 0.360. The van der Waals surface area contributed by atoms with Gasteiger partial charge in [0.25, 0.3) is 0 Å². The Morgan fingerprint density at radius 3 is 2.56 bits per heavy atom. The molecule has 0 spiro atoms. The highest BCUT2D eigenvalue weighted by molar-refractivity contribution is 5.78. The van der Waals surface area contributed by atoms with Crippen molar-refractivity contribution in [2.24, 2.45) is 7.05 Å². The molecule has 0 bridgehead atoms. The summed E-state index contributed by atoms with van der Waals surface area (Å²) in [5.74, 6) is 0.634. The van der Waals surface area contributed by atoms with E-state index < -0.39 is 0 Å². The summed E-state index contributed by atoms with van der Waals surface area (Å²) in [6.07, 6.45) is 11.0. The predicted octanol–water partition coefficient (Wildman–Crippen LogP) is 2.13. The molecule has 1 aliphatic rings. The van der Waals surface area contributed by atoms with Crippen LogP contribution in [0.15, 0.2) is 55.1 Å². The van der Waals surface area contributed by atoms with Crippen molar-refractivity contribution < 1.29 is 9.59 Å². The van der Waals surface area contributed by atoms with Gasteiger partial charge >= 0.3 is 0 Å². The van der Waals surface area contributed by atoms with Gasteiger partial charge in [0.1, 0.15) is 12.4 Å². The Hall–Kier alpha value is -4.12. The van der Waals surface area contributed by atoms with Crippen LogP contribution in [0.4, 0.5) is 0 Å². The van der Waals surface area contributed by atoms with Gasteiger partial charge in [0, 0.05) is 44.7 Å². The van der Waals surface area contributed by atoms with Crippen LogP contribution in [-0.4, -0.2) is 50.2 Å². The molecule has 0 radical (unpaired) electrons. The van der Waals surface area contributed by atoms with Crippen LogP contribution in [0.1, 0.15) is 44.0 Å². The molecule has 3 heterocycles. The number of carbonyl (C=O) groups is 2. The minimum absolute atomic E-state index is 0.0457. The molecule has 0 aliphatic carbocycles. The van der Waals surface area contributed by atoms with Crippen LogP contribution >= 0.6 is 0 Å². The minimum Gasteiger partial charge on any atom is -0.359 e. The van der Waals surface area contributed by atoms with Crippen LogP contribution in [0.2, 0.25) is 0 Å². The predicted molar refractivity (Wildman–Crippen MR) is 136 cm³/mol. The van der Waals surface area contributed by atoms with Crippen LogP contribution in [0, 0.1) is 0 Å². The van der Waals surface area contributed by atoms with Crippen molar-refractivity contribution in [3.63, 3.8) is 0 Å². The summed E-state index contributed by atoms with van der Waals surface area (Å²) in [5.41, 5.74) is 9.53. The second-order valence-corrected chi connectivity index (χ2v) is 8.73. The number of nitrogens with zero attached hydrogens (tertiary/aromatic N) is 4. The number of hydrogen-bond donors (Lipinski definition) is 5. The largest absolute Gasteiger partial charge is 0.359 e. The number of rotatable bonds is 12. The summed E-state index contributed by atoms with van der Waals surface area (Å²) >= 11 is 0. The number of amides is 2. The molecule has 1 aromatic carbocycles. The normalized spacial score (nSPS) is 13.4. The van der Waals surface area contributed by atoms with E-state index in [1.54, 1.807) is 35.3 Å². The quantitative estimate of drug-likeness (QED) is 0.245. The summed E-state index contributed by atoms with van der Waals surface area (Å²) in [6.45, 7) is 0.166. The van der Waals surface area contributed by atoms with Crippen molar-refractivity contribution in [1.29, 1.82) is 0 Å². The number of aryl methyl sites for hydroxylation is 1. The van der Waals surface area contributed by atoms with E-state index in [2.05, 4.69) is 36.7 Å². The number of benzene rings is 1. The average Bonchev–Trinajstić information content (AvgIpc) is 3.65. The topological polar surface area (TPSA) is 132 Å². The summed E-state index contributed by atoms with van der Waals surface area (Å²) < 4.78 is 1.78. The Kier molecular flexibility index (Phi) is 8.35. The van der Waals surface area contributed by atoms with Crippen molar-refractivity contribution in [3.05, 3.63) is 60.9 Å². The molecular weight excluding hydrogens is 458 g/mol. The lowest BCUT2D eigenvalue weighted by molar-refractivity contribution is -0.123. The highest BCUT2D eigenvalue weighted by atomic mass is 16.2. The van der Waals surface area contributed by atoms with Gasteiger partial charge < -0.3 is 21.0 Å². The van der Waals surface area contributed by atoms with Crippen molar-refractivity contribution >= 4 is 11.8 Å². The van der Waals surface area contributed by atoms with E-state index >= 15 is 0 Å². The van der Waals surface area contributed by atoms with E-state index in [1.807, 2.05) is 43.6 Å². The number of aromatic nitrogens is 4. The van der Waals surface area contributed by atoms with Gasteiger partial charge in [-0.05, 0) is 24.5 Å². The molecule has 2 amide bonds. The molecule has 1 atom stereocenters. The monoisotopic (exact) mass is 491 g/mol. The van der Waals surface area contributed by atoms with Gasteiger partial charge in [-0.2, -0.15) is 5.10 Å². The smallest absolute Gasteiger partial charge is 0.241 e. The summed E-state index contributed by atoms with van der Waals surface area (Å²) in [5, 5.41) is 11.9. The Bertz CT molecular complexity index is 1180. The number of hydrazine groups is 2. The van der Waals surface area contributed by atoms with Crippen molar-refractivity contribution in [2.75, 3.05) is 13.6 Å². The second-order valence-electron chi connectivity index (χ2n) is 8.73. The summed E-state index contributed by atoms with van der Waals surface area (Å²) in [7, 11) is 3.55. The zero-order valence-corrected chi connectivity index (χ0v) is 20.6. The fourth-order valence-corrected chi connectivity index (χ4v) is 4.03. The van der Waals surface area contributed by atoms with Crippen molar-refractivity contribution in [3.8, 4) is 22.5 Å². The molecular formula is C25H33N9O2. The molecule has 3 aromatic rings. The van der Waals surface area contributed by atoms with E-state index in [9.17, 15) is 9.59 Å². The van der Waals surface area contributed by atoms with E-state index in [4.69, 9.17) is 0 Å². The molecule has 0 saturated heterocycles. The maximum atomic E-state index is 12.7. The molecule has 36 heavy (non-hydrogen) atoms. The number of nitrogens with one attached hydrogen (secondary N) is 5. The fourth-order valence-electron chi connectivity index (χ4n) is 4.03. The van der Waals surface area contributed by atoms with E-state index in [1.165, 1.54) is 0 Å². The van der Waals surface area contributed by atoms with Crippen LogP contribution in [0.3, 0.4) is 0 Å². The number of hydrogen-bond acceptors (Lipinski definition) is 7. The van der Waals surface area contributed by atoms with Gasteiger partial charge in [0.05, 0.1) is 23.6 Å². The first-order valence-corrected chi connectivity index (χ1v) is 12.1. The number of aromatic amines is 1. The molecule has 4 rings (SSSR count). The zero-order chi connectivity index (χ0) is 25.3. The Morgan fingerprint density at radius 1 is 1.06 bits per heavy atom. The van der Waals surface area contributed by atoms with Crippen LogP contribution in [0.25, 0.3) is 22.5 Å². The molecule has 190 valence electrons. The Balaban J connectivity index is 1.41. The summed E-state index contributed by atoms with van der Waals surface area (Å²) in [6, 6.07) is 9.86. The molecule has 1 aliphatic heterocycles. The molecule has 2 aromatic heterocycles. The van der Waals surface area contributed by atoms with Crippen LogP contribution < -0.4 is 21.6 Å². The third kappa shape index (κ3) is 6.72. The van der Waals surface area contributed by atoms with Gasteiger partial charge in [0.15, 0.2) is 0 Å². The number of H-pyrrole nitrogens is 1. The van der Waals surface area contributed by atoms with Crippen LogP contribution in [-0.2, 0) is 16.6 Å². The molecule has 0 fully saturated rings. The average molecular weight is 492 g/mol. The maximum Gasteiger partial charge on any atom is 0.241 e. The lowest BCUT2D eigenvalue weighted by Crippen LogP contribution is -2.43. The second kappa shape index (κ2) is 12.0. The molecule has 5 N–H and O–H groups in total. The van der Waals surface area contributed by atoms with Gasteiger partial charge in [-0.3, -0.25) is 19.3 Å². The zero-order valence-electron chi connectivity index (χ0n) is 20.6. The lowest BCUT2D eigenvalue weighted by Gasteiger charge is -2.20. The Morgan fingerprint density at radius 2 is 1.86 bits per heavy atom. The third-order valence-corrected chi connectivity index (χ3v) is 6.00. The van der Waals surface area contributed by atoms with Crippen molar-refractivity contribution in [2.45, 2.75) is 38.1 Å². The number of imidazole rings is 1. The molecule has 11 heteroatoms. The van der Waals surface area contributed by atoms with Gasteiger partial charge in [-0.1, -0.05) is 37.1 Å². The highest BCUT2D eigenvalue weighted by Crippen LogP contribution is 2.25. The first kappa shape index (κ1) is 25.0. The van der Waals surface area contributed by atoms with Crippen LogP contribution in [0.5, 0.6) is 0 Å². The van der Waals surface area contributed by atoms with Gasteiger partial charge in [0.2, 0.25) is 11.8 Å². The number of carbonyl (C=O) groups excluding carboxylic acids is 2. The van der Waals surface area contributed by atoms with Crippen molar-refractivity contribution in [1.82, 2.24) is 46.4 Å². The first-order valence-electron chi connectivity index (χ1n) is 12.1. The van der Waals surface area contributed by atoms with E-state index in [0.717, 1.165) is 41.8 Å².